The molecular weight excluding hydrogens is 332 g/mol. The molecule has 0 bridgehead atoms. The Morgan fingerprint density at radius 1 is 1.58 bits per heavy atom. The largest absolute Gasteiger partial charge is 0.478 e. The minimum absolute atomic E-state index is 0.00463. The lowest BCUT2D eigenvalue weighted by Crippen LogP contribution is -2.42. The van der Waals surface area contributed by atoms with E-state index in [2.05, 4.69) is 26.6 Å². The smallest absolute Gasteiger partial charge is 0.336 e. The number of hydrogen-bond acceptors (Lipinski definition) is 4. The molecule has 1 fully saturated rings. The maximum Gasteiger partial charge on any atom is 0.336 e. The van der Waals surface area contributed by atoms with E-state index in [0.717, 1.165) is 34.5 Å². The summed E-state index contributed by atoms with van der Waals surface area (Å²) < 4.78 is 0.784. The second-order valence-electron chi connectivity index (χ2n) is 4.41. The van der Waals surface area contributed by atoms with Crippen molar-refractivity contribution in [3.63, 3.8) is 0 Å². The highest BCUT2D eigenvalue weighted by molar-refractivity contribution is 9.11. The molecule has 0 aliphatic carbocycles. The van der Waals surface area contributed by atoms with E-state index in [1.165, 1.54) is 11.3 Å². The molecule has 0 unspecified atom stereocenters. The molecule has 1 aliphatic heterocycles. The number of amides is 1. The SMILES string of the molecule is O=C(O)c1cc(Br)sc1CN[C@H]1CCCCNC1=O. The van der Waals surface area contributed by atoms with Crippen LogP contribution in [0.3, 0.4) is 0 Å². The molecule has 1 amide bonds. The molecular formula is C12H15BrN2O3S. The summed E-state index contributed by atoms with van der Waals surface area (Å²) in [5.41, 5.74) is 0.290. The van der Waals surface area contributed by atoms with Gasteiger partial charge in [-0.25, -0.2) is 4.79 Å². The van der Waals surface area contributed by atoms with E-state index >= 15 is 0 Å². The van der Waals surface area contributed by atoms with E-state index in [9.17, 15) is 9.59 Å². The van der Waals surface area contributed by atoms with Crippen LogP contribution in [-0.2, 0) is 11.3 Å². The first-order valence-electron chi connectivity index (χ1n) is 6.10. The van der Waals surface area contributed by atoms with E-state index in [1.54, 1.807) is 6.07 Å². The molecule has 1 aromatic heterocycles. The summed E-state index contributed by atoms with van der Waals surface area (Å²) >= 11 is 4.67. The molecule has 1 aromatic rings. The zero-order chi connectivity index (χ0) is 13.8. The van der Waals surface area contributed by atoms with Gasteiger partial charge in [-0.1, -0.05) is 0 Å². The molecule has 0 aromatic carbocycles. The lowest BCUT2D eigenvalue weighted by Gasteiger charge is -2.14. The van der Waals surface area contributed by atoms with Gasteiger partial charge in [-0.05, 0) is 41.3 Å². The first-order valence-corrected chi connectivity index (χ1v) is 7.71. The minimum Gasteiger partial charge on any atom is -0.478 e. The van der Waals surface area contributed by atoms with Crippen molar-refractivity contribution < 1.29 is 14.7 Å². The Bertz CT molecular complexity index is 489. The number of hydrogen-bond donors (Lipinski definition) is 3. The monoisotopic (exact) mass is 346 g/mol. The van der Waals surface area contributed by atoms with Gasteiger partial charge in [0.05, 0.1) is 15.4 Å². The number of carboxylic acid groups (broad SMARTS) is 1. The predicted molar refractivity (Wildman–Crippen MR) is 76.5 cm³/mol. The number of carbonyl (C=O) groups excluding carboxylic acids is 1. The summed E-state index contributed by atoms with van der Waals surface area (Å²) in [5, 5.41) is 15.1. The number of rotatable bonds is 4. The lowest BCUT2D eigenvalue weighted by atomic mass is 10.1. The second kappa shape index (κ2) is 6.49. The summed E-state index contributed by atoms with van der Waals surface area (Å²) in [6, 6.07) is 1.36. The van der Waals surface area contributed by atoms with Crippen LogP contribution < -0.4 is 10.6 Å². The Kier molecular flexibility index (Phi) is 4.95. The summed E-state index contributed by atoms with van der Waals surface area (Å²) in [5.74, 6) is -0.936. The predicted octanol–water partition coefficient (Wildman–Crippen LogP) is 1.97. The number of nitrogens with one attached hydrogen (secondary N) is 2. The Morgan fingerprint density at radius 3 is 3.11 bits per heavy atom. The number of carbonyl (C=O) groups is 2. The van der Waals surface area contributed by atoms with Gasteiger partial charge in [0.25, 0.3) is 0 Å². The first kappa shape index (κ1) is 14.5. The zero-order valence-electron chi connectivity index (χ0n) is 10.2. The molecule has 7 heteroatoms. The normalized spacial score (nSPS) is 19.8. The highest BCUT2D eigenvalue weighted by atomic mass is 79.9. The van der Waals surface area contributed by atoms with Crippen LogP contribution in [0.25, 0.3) is 0 Å². The maximum atomic E-state index is 11.8. The van der Waals surface area contributed by atoms with Gasteiger partial charge in [0.2, 0.25) is 5.91 Å². The maximum absolute atomic E-state index is 11.8. The van der Waals surface area contributed by atoms with E-state index in [-0.39, 0.29) is 11.9 Å². The van der Waals surface area contributed by atoms with Gasteiger partial charge in [0, 0.05) is 18.0 Å². The van der Waals surface area contributed by atoms with Gasteiger partial charge < -0.3 is 15.7 Å². The van der Waals surface area contributed by atoms with Crippen LogP contribution in [0.5, 0.6) is 0 Å². The second-order valence-corrected chi connectivity index (χ2v) is 6.93. The molecule has 104 valence electrons. The molecule has 19 heavy (non-hydrogen) atoms. The molecule has 0 saturated carbocycles. The van der Waals surface area contributed by atoms with Gasteiger partial charge in [0.1, 0.15) is 0 Å². The molecule has 1 aliphatic rings. The van der Waals surface area contributed by atoms with Crippen molar-refractivity contribution in [2.45, 2.75) is 31.8 Å². The highest BCUT2D eigenvalue weighted by Gasteiger charge is 2.21. The van der Waals surface area contributed by atoms with Crippen molar-refractivity contribution in [3.8, 4) is 0 Å². The number of halogens is 1. The molecule has 2 rings (SSSR count). The van der Waals surface area contributed by atoms with Crippen LogP contribution in [0.15, 0.2) is 9.85 Å². The van der Waals surface area contributed by atoms with Crippen molar-refractivity contribution in [2.75, 3.05) is 6.54 Å². The minimum atomic E-state index is -0.941. The lowest BCUT2D eigenvalue weighted by molar-refractivity contribution is -0.122. The fourth-order valence-electron chi connectivity index (χ4n) is 2.06. The molecule has 1 atom stereocenters. The van der Waals surface area contributed by atoms with Crippen LogP contribution >= 0.6 is 27.3 Å². The Morgan fingerprint density at radius 2 is 2.37 bits per heavy atom. The van der Waals surface area contributed by atoms with Crippen LogP contribution in [0, 0.1) is 0 Å². The van der Waals surface area contributed by atoms with Gasteiger partial charge in [-0.3, -0.25) is 4.79 Å². The van der Waals surface area contributed by atoms with Crippen LogP contribution in [0.4, 0.5) is 0 Å². The van der Waals surface area contributed by atoms with E-state index in [4.69, 9.17) is 5.11 Å². The Labute approximate surface area is 123 Å². The average Bonchev–Trinajstić information content (AvgIpc) is 2.61. The third-order valence-electron chi connectivity index (χ3n) is 3.05. The summed E-state index contributed by atoms with van der Waals surface area (Å²) in [6.07, 6.45) is 2.78. The fraction of sp³-hybridized carbons (Fsp3) is 0.500. The number of aromatic carboxylic acids is 1. The molecule has 0 spiro atoms. The molecule has 1 saturated heterocycles. The summed E-state index contributed by atoms with van der Waals surface area (Å²) in [4.78, 5) is 23.6. The van der Waals surface area contributed by atoms with Crippen molar-refractivity contribution >= 4 is 39.1 Å². The van der Waals surface area contributed by atoms with Crippen molar-refractivity contribution in [1.29, 1.82) is 0 Å². The average molecular weight is 347 g/mol. The van der Waals surface area contributed by atoms with Crippen LogP contribution in [0.2, 0.25) is 0 Å². The quantitative estimate of drug-likeness (QED) is 0.778. The van der Waals surface area contributed by atoms with E-state index in [0.29, 0.717) is 12.1 Å². The third kappa shape index (κ3) is 3.77. The van der Waals surface area contributed by atoms with E-state index < -0.39 is 5.97 Å². The van der Waals surface area contributed by atoms with Gasteiger partial charge in [0.15, 0.2) is 0 Å². The van der Waals surface area contributed by atoms with Crippen molar-refractivity contribution in [1.82, 2.24) is 10.6 Å². The number of carboxylic acids is 1. The summed E-state index contributed by atoms with van der Waals surface area (Å²) in [7, 11) is 0. The Hall–Kier alpha value is -0.920. The topological polar surface area (TPSA) is 78.4 Å². The fourth-order valence-corrected chi connectivity index (χ4v) is 3.70. The molecule has 0 radical (unpaired) electrons. The van der Waals surface area contributed by atoms with Gasteiger partial charge in [-0.15, -0.1) is 11.3 Å². The Balaban J connectivity index is 2.01. The zero-order valence-corrected chi connectivity index (χ0v) is 12.6. The van der Waals surface area contributed by atoms with Crippen molar-refractivity contribution in [2.24, 2.45) is 0 Å². The highest BCUT2D eigenvalue weighted by Crippen LogP contribution is 2.27. The standard InChI is InChI=1S/C12H15BrN2O3S/c13-10-5-7(12(17)18)9(19-10)6-15-8-3-1-2-4-14-11(8)16/h5,8,15H,1-4,6H2,(H,14,16)(H,17,18)/t8-/m0/s1. The van der Waals surface area contributed by atoms with Gasteiger partial charge >= 0.3 is 5.97 Å². The van der Waals surface area contributed by atoms with Crippen LogP contribution in [-0.4, -0.2) is 29.6 Å². The first-order chi connectivity index (χ1) is 9.08. The molecule has 5 nitrogen and oxygen atoms in total. The van der Waals surface area contributed by atoms with Crippen LogP contribution in [0.1, 0.15) is 34.5 Å². The van der Waals surface area contributed by atoms with E-state index in [1.807, 2.05) is 0 Å². The van der Waals surface area contributed by atoms with Crippen molar-refractivity contribution in [3.05, 3.63) is 20.3 Å². The third-order valence-corrected chi connectivity index (χ3v) is 4.69. The number of thiophene rings is 1. The molecule has 3 N–H and O–H groups in total. The van der Waals surface area contributed by atoms with Gasteiger partial charge in [-0.2, -0.15) is 0 Å². The summed E-state index contributed by atoms with van der Waals surface area (Å²) in [6.45, 7) is 1.12. The molecule has 2 heterocycles.